The van der Waals surface area contributed by atoms with Gasteiger partial charge in [-0.15, -0.1) is 0 Å². The van der Waals surface area contributed by atoms with Crippen LogP contribution < -0.4 is 15.5 Å². The molecule has 1 aromatic carbocycles. The summed E-state index contributed by atoms with van der Waals surface area (Å²) in [6.07, 6.45) is 5.55. The molecule has 0 radical (unpaired) electrons. The van der Waals surface area contributed by atoms with Crippen LogP contribution in [0.3, 0.4) is 0 Å². The lowest BCUT2D eigenvalue weighted by Gasteiger charge is -2.29. The number of hydrogen-bond acceptors (Lipinski definition) is 4. The number of nitrogens with zero attached hydrogens (tertiary/aromatic N) is 3. The topological polar surface area (TPSA) is 75.3 Å². The van der Waals surface area contributed by atoms with Crippen LogP contribution in [0.5, 0.6) is 0 Å². The lowest BCUT2D eigenvalue weighted by atomic mass is 10.0. The fourth-order valence-corrected chi connectivity index (χ4v) is 4.90. The summed E-state index contributed by atoms with van der Waals surface area (Å²) >= 11 is 5.88. The molecule has 1 aliphatic heterocycles. The second-order valence-electron chi connectivity index (χ2n) is 9.28. The van der Waals surface area contributed by atoms with Gasteiger partial charge in [-0.05, 0) is 79.3 Å². The molecule has 3 aromatic heterocycles. The summed E-state index contributed by atoms with van der Waals surface area (Å²) in [4.78, 5) is 19.1. The van der Waals surface area contributed by atoms with Gasteiger partial charge in [0.15, 0.2) is 5.11 Å². The zero-order chi connectivity index (χ0) is 25.2. The summed E-state index contributed by atoms with van der Waals surface area (Å²) in [5, 5.41) is 7.15. The lowest BCUT2D eigenvalue weighted by molar-refractivity contribution is -0.118. The van der Waals surface area contributed by atoms with Crippen LogP contribution in [0.4, 0.5) is 11.4 Å². The Bertz CT molecular complexity index is 1360. The highest BCUT2D eigenvalue weighted by molar-refractivity contribution is 7.80. The zero-order valence-electron chi connectivity index (χ0n) is 20.5. The van der Waals surface area contributed by atoms with E-state index in [1.54, 1.807) is 12.5 Å². The fourth-order valence-electron chi connectivity index (χ4n) is 4.56. The van der Waals surface area contributed by atoms with Gasteiger partial charge in [-0.1, -0.05) is 19.9 Å². The molecule has 4 aromatic rings. The number of rotatable bonds is 7. The highest BCUT2D eigenvalue weighted by Crippen LogP contribution is 2.42. The van der Waals surface area contributed by atoms with Gasteiger partial charge in [0.25, 0.3) is 0 Å². The van der Waals surface area contributed by atoms with Crippen molar-refractivity contribution >= 4 is 34.6 Å². The minimum atomic E-state index is -0.149. The number of aryl methyl sites for hydroxylation is 1. The van der Waals surface area contributed by atoms with E-state index in [1.807, 2.05) is 69.3 Å². The van der Waals surface area contributed by atoms with E-state index in [9.17, 15) is 4.79 Å². The van der Waals surface area contributed by atoms with E-state index in [-0.39, 0.29) is 23.9 Å². The molecule has 0 spiro atoms. The Morgan fingerprint density at radius 3 is 2.72 bits per heavy atom. The molecule has 0 bridgehead atoms. The van der Waals surface area contributed by atoms with E-state index in [4.69, 9.17) is 16.6 Å². The summed E-state index contributed by atoms with van der Waals surface area (Å²) in [5.41, 5.74) is 4.71. The molecule has 2 atom stereocenters. The molecule has 36 heavy (non-hydrogen) atoms. The van der Waals surface area contributed by atoms with Crippen LogP contribution in [-0.2, 0) is 11.3 Å². The van der Waals surface area contributed by atoms with Crippen molar-refractivity contribution in [3.63, 3.8) is 0 Å². The van der Waals surface area contributed by atoms with Gasteiger partial charge in [0.1, 0.15) is 11.8 Å². The number of amides is 1. The largest absolute Gasteiger partial charge is 0.467 e. The van der Waals surface area contributed by atoms with Crippen molar-refractivity contribution < 1.29 is 9.21 Å². The van der Waals surface area contributed by atoms with Crippen molar-refractivity contribution in [2.24, 2.45) is 5.92 Å². The van der Waals surface area contributed by atoms with Gasteiger partial charge in [-0.2, -0.15) is 0 Å². The summed E-state index contributed by atoms with van der Waals surface area (Å²) in [5.74, 6) is 0.779. The summed E-state index contributed by atoms with van der Waals surface area (Å²) in [7, 11) is 0. The number of carbonyl (C=O) groups excluding carboxylic acids is 1. The average molecular weight is 500 g/mol. The standard InChI is InChI=1S/C28H29N5O2S/c1-18(2)27(34)30-22-12-11-20(16-19(22)3)33-26(25(31-28(33)36)23-9-4-5-13-29-23)24-10-6-14-32(24)17-21-8-7-15-35-21/h4-16,18,25-26H,17H2,1-3H3,(H,30,34)(H,31,36)/t25-,26-/m1/s1. The third-order valence-electron chi connectivity index (χ3n) is 6.44. The van der Waals surface area contributed by atoms with Crippen molar-refractivity contribution in [1.82, 2.24) is 14.9 Å². The maximum absolute atomic E-state index is 12.3. The van der Waals surface area contributed by atoms with Gasteiger partial charge >= 0.3 is 0 Å². The zero-order valence-corrected chi connectivity index (χ0v) is 21.3. The molecule has 4 heterocycles. The normalized spacial score (nSPS) is 17.4. The monoisotopic (exact) mass is 499 g/mol. The molecule has 8 heteroatoms. The second-order valence-corrected chi connectivity index (χ2v) is 9.67. The number of benzene rings is 1. The minimum absolute atomic E-state index is 0.00643. The van der Waals surface area contributed by atoms with Gasteiger partial charge < -0.3 is 24.5 Å². The first-order valence-electron chi connectivity index (χ1n) is 12.0. The first kappa shape index (κ1) is 23.8. The predicted molar refractivity (Wildman–Crippen MR) is 145 cm³/mol. The van der Waals surface area contributed by atoms with Crippen molar-refractivity contribution in [2.75, 3.05) is 10.2 Å². The van der Waals surface area contributed by atoms with Crippen LogP contribution in [0.15, 0.2) is 83.7 Å². The Kier molecular flexibility index (Phi) is 6.61. The Morgan fingerprint density at radius 2 is 2.03 bits per heavy atom. The number of carbonyl (C=O) groups is 1. The molecule has 5 rings (SSSR count). The molecular formula is C28H29N5O2S. The van der Waals surface area contributed by atoms with Gasteiger partial charge in [0, 0.05) is 35.4 Å². The first-order chi connectivity index (χ1) is 17.4. The van der Waals surface area contributed by atoms with Crippen molar-refractivity contribution in [3.05, 3.63) is 102 Å². The van der Waals surface area contributed by atoms with Crippen LogP contribution in [0.25, 0.3) is 0 Å². The molecule has 2 N–H and O–H groups in total. The molecule has 0 saturated carbocycles. The second kappa shape index (κ2) is 9.99. The van der Waals surface area contributed by atoms with Crippen LogP contribution in [0.2, 0.25) is 0 Å². The Balaban J connectivity index is 1.55. The van der Waals surface area contributed by atoms with E-state index in [0.717, 1.165) is 34.1 Å². The van der Waals surface area contributed by atoms with Crippen LogP contribution in [-0.4, -0.2) is 20.6 Å². The van der Waals surface area contributed by atoms with E-state index in [2.05, 4.69) is 43.4 Å². The number of nitrogens with one attached hydrogen (secondary N) is 2. The minimum Gasteiger partial charge on any atom is -0.467 e. The van der Waals surface area contributed by atoms with Gasteiger partial charge in [0.05, 0.1) is 24.5 Å². The Hall–Kier alpha value is -3.91. The van der Waals surface area contributed by atoms with Gasteiger partial charge in [0.2, 0.25) is 5.91 Å². The van der Waals surface area contributed by atoms with E-state index < -0.39 is 0 Å². The van der Waals surface area contributed by atoms with Crippen LogP contribution in [0, 0.1) is 12.8 Å². The molecule has 1 saturated heterocycles. The molecule has 184 valence electrons. The highest BCUT2D eigenvalue weighted by atomic mass is 32.1. The molecule has 0 unspecified atom stereocenters. The van der Waals surface area contributed by atoms with Crippen molar-refractivity contribution in [2.45, 2.75) is 39.4 Å². The number of pyridine rings is 1. The predicted octanol–water partition coefficient (Wildman–Crippen LogP) is 5.60. The van der Waals surface area contributed by atoms with E-state index in [1.165, 1.54) is 0 Å². The summed E-state index contributed by atoms with van der Waals surface area (Å²) in [6, 6.07) is 19.7. The first-order valence-corrected chi connectivity index (χ1v) is 12.4. The Labute approximate surface area is 216 Å². The molecule has 7 nitrogen and oxygen atoms in total. The van der Waals surface area contributed by atoms with Crippen molar-refractivity contribution in [1.29, 1.82) is 0 Å². The molecule has 1 aliphatic rings. The molecule has 1 amide bonds. The quantitative estimate of drug-likeness (QED) is 0.322. The van der Waals surface area contributed by atoms with Crippen LogP contribution >= 0.6 is 12.2 Å². The van der Waals surface area contributed by atoms with Crippen molar-refractivity contribution in [3.8, 4) is 0 Å². The summed E-state index contributed by atoms with van der Waals surface area (Å²) < 4.78 is 7.81. The maximum atomic E-state index is 12.3. The van der Waals surface area contributed by atoms with Crippen LogP contribution in [0.1, 0.15) is 48.6 Å². The number of furan rings is 1. The Morgan fingerprint density at radius 1 is 1.17 bits per heavy atom. The van der Waals surface area contributed by atoms with E-state index >= 15 is 0 Å². The molecule has 1 fully saturated rings. The SMILES string of the molecule is Cc1cc(N2C(=S)N[C@H](c3ccccn3)[C@H]2c2cccn2Cc2ccco2)ccc1NC(=O)C(C)C. The molecule has 0 aliphatic carbocycles. The smallest absolute Gasteiger partial charge is 0.226 e. The highest BCUT2D eigenvalue weighted by Gasteiger charge is 2.42. The third-order valence-corrected chi connectivity index (χ3v) is 6.76. The fraction of sp³-hybridized carbons (Fsp3) is 0.250. The number of thiocarbonyl (C=S) groups is 1. The van der Waals surface area contributed by atoms with Gasteiger partial charge in [-0.25, -0.2) is 0 Å². The number of hydrogen-bond donors (Lipinski definition) is 2. The van der Waals surface area contributed by atoms with Gasteiger partial charge in [-0.3, -0.25) is 9.78 Å². The number of anilines is 2. The third kappa shape index (κ3) is 4.64. The number of aromatic nitrogens is 2. The lowest BCUT2D eigenvalue weighted by Crippen LogP contribution is -2.30. The van der Waals surface area contributed by atoms with E-state index in [0.29, 0.717) is 11.7 Å². The average Bonchev–Trinajstić information content (AvgIpc) is 3.61. The maximum Gasteiger partial charge on any atom is 0.226 e. The molecular weight excluding hydrogens is 470 g/mol. The summed E-state index contributed by atoms with van der Waals surface area (Å²) in [6.45, 7) is 6.37.